The molecular formula is C28H24BrF2N3O3. The molecule has 2 amide bonds. The molecule has 3 aromatic carbocycles. The molecule has 6 nitrogen and oxygen atoms in total. The van der Waals surface area contributed by atoms with Gasteiger partial charge in [-0.3, -0.25) is 14.4 Å². The van der Waals surface area contributed by atoms with Gasteiger partial charge in [0.25, 0.3) is 11.8 Å². The standard InChI is InChI=1S/C28H24BrF2N3O3/c1-18(35)19-7-10-22(11-8-19)33-12-14-34(15-13-33)28(37)23(16-20-6-9-21(30)17-25(20)31)27(36)32-26-5-3-2-4-24(26)29/h2-11,16-17H,12-15H2,1H3,(H,32,36)/b23-16+. The van der Waals surface area contributed by atoms with Crippen LogP contribution in [0.4, 0.5) is 20.2 Å². The number of benzene rings is 3. The number of carbonyl (C=O) groups is 3. The Labute approximate surface area is 221 Å². The van der Waals surface area contributed by atoms with E-state index in [1.54, 1.807) is 36.4 Å². The molecule has 0 spiro atoms. The maximum absolute atomic E-state index is 14.4. The van der Waals surface area contributed by atoms with Crippen LogP contribution in [0.3, 0.4) is 0 Å². The van der Waals surface area contributed by atoms with Crippen LogP contribution >= 0.6 is 15.9 Å². The van der Waals surface area contributed by atoms with Crippen molar-refractivity contribution in [3.8, 4) is 0 Å². The number of nitrogens with one attached hydrogen (secondary N) is 1. The summed E-state index contributed by atoms with van der Waals surface area (Å²) in [6, 6.07) is 17.1. The van der Waals surface area contributed by atoms with Crippen LogP contribution < -0.4 is 10.2 Å². The summed E-state index contributed by atoms with van der Waals surface area (Å²) in [5.74, 6) is -2.91. The lowest BCUT2D eigenvalue weighted by Gasteiger charge is -2.36. The van der Waals surface area contributed by atoms with Crippen molar-refractivity contribution in [2.24, 2.45) is 0 Å². The molecule has 3 aromatic rings. The Bertz CT molecular complexity index is 1370. The predicted molar refractivity (Wildman–Crippen MR) is 142 cm³/mol. The van der Waals surface area contributed by atoms with Crippen LogP contribution in [-0.4, -0.2) is 48.7 Å². The molecule has 1 fully saturated rings. The Hall–Kier alpha value is -3.85. The van der Waals surface area contributed by atoms with Crippen molar-refractivity contribution < 1.29 is 23.2 Å². The molecule has 37 heavy (non-hydrogen) atoms. The highest BCUT2D eigenvalue weighted by Gasteiger charge is 2.28. The second-order valence-electron chi connectivity index (χ2n) is 8.54. The summed E-state index contributed by atoms with van der Waals surface area (Å²) in [4.78, 5) is 41.9. The summed E-state index contributed by atoms with van der Waals surface area (Å²) in [6.07, 6.45) is 1.15. The molecule has 0 aromatic heterocycles. The Morgan fingerprint density at radius 3 is 2.22 bits per heavy atom. The number of Topliss-reactive ketones (excluding diaryl/α,β-unsaturated/α-hetero) is 1. The lowest BCUT2D eigenvalue weighted by atomic mass is 10.1. The Balaban J connectivity index is 1.55. The van der Waals surface area contributed by atoms with Gasteiger partial charge in [0.2, 0.25) is 0 Å². The summed E-state index contributed by atoms with van der Waals surface area (Å²) in [5.41, 5.74) is 1.66. The third-order valence-corrected chi connectivity index (χ3v) is 6.76. The van der Waals surface area contributed by atoms with Crippen molar-refractivity contribution in [3.05, 3.63) is 99.5 Å². The highest BCUT2D eigenvalue weighted by atomic mass is 79.9. The van der Waals surface area contributed by atoms with E-state index < -0.39 is 23.4 Å². The molecule has 1 aliphatic rings. The minimum Gasteiger partial charge on any atom is -0.368 e. The number of hydrogen-bond donors (Lipinski definition) is 1. The lowest BCUT2D eigenvalue weighted by Crippen LogP contribution is -2.50. The number of rotatable bonds is 6. The first-order valence-corrected chi connectivity index (χ1v) is 12.4. The molecule has 0 atom stereocenters. The van der Waals surface area contributed by atoms with Gasteiger partial charge < -0.3 is 15.1 Å². The summed E-state index contributed by atoms with van der Waals surface area (Å²) >= 11 is 3.36. The van der Waals surface area contributed by atoms with Crippen molar-refractivity contribution in [2.75, 3.05) is 36.4 Å². The van der Waals surface area contributed by atoms with E-state index in [9.17, 15) is 23.2 Å². The molecule has 190 valence electrons. The quantitative estimate of drug-likeness (QED) is 0.190. The van der Waals surface area contributed by atoms with Crippen LogP contribution in [0.25, 0.3) is 6.08 Å². The van der Waals surface area contributed by atoms with Crippen molar-refractivity contribution in [2.45, 2.75) is 6.92 Å². The fraction of sp³-hybridized carbons (Fsp3) is 0.179. The number of carbonyl (C=O) groups excluding carboxylic acids is 3. The van der Waals surface area contributed by atoms with E-state index in [0.29, 0.717) is 48.0 Å². The van der Waals surface area contributed by atoms with Gasteiger partial charge in [0.05, 0.1) is 5.69 Å². The highest BCUT2D eigenvalue weighted by molar-refractivity contribution is 9.10. The van der Waals surface area contributed by atoms with E-state index in [-0.39, 0.29) is 16.9 Å². The van der Waals surface area contributed by atoms with Crippen molar-refractivity contribution in [1.82, 2.24) is 4.90 Å². The van der Waals surface area contributed by atoms with Gasteiger partial charge in [-0.2, -0.15) is 0 Å². The van der Waals surface area contributed by atoms with Gasteiger partial charge in [0.15, 0.2) is 5.78 Å². The summed E-state index contributed by atoms with van der Waals surface area (Å²) < 4.78 is 28.5. The van der Waals surface area contributed by atoms with Crippen LogP contribution in [-0.2, 0) is 9.59 Å². The zero-order valence-electron chi connectivity index (χ0n) is 20.0. The van der Waals surface area contributed by atoms with E-state index in [2.05, 4.69) is 26.1 Å². The lowest BCUT2D eigenvalue weighted by molar-refractivity contribution is -0.129. The number of hydrogen-bond acceptors (Lipinski definition) is 4. The molecule has 0 unspecified atom stereocenters. The summed E-state index contributed by atoms with van der Waals surface area (Å²) in [5, 5.41) is 2.69. The highest BCUT2D eigenvalue weighted by Crippen LogP contribution is 2.24. The van der Waals surface area contributed by atoms with Gasteiger partial charge in [-0.15, -0.1) is 0 Å². The van der Waals surface area contributed by atoms with E-state index >= 15 is 0 Å². The van der Waals surface area contributed by atoms with E-state index in [0.717, 1.165) is 17.8 Å². The second kappa shape index (κ2) is 11.5. The molecular weight excluding hydrogens is 544 g/mol. The number of halogens is 3. The average molecular weight is 568 g/mol. The van der Waals surface area contributed by atoms with Crippen LogP contribution in [0.15, 0.2) is 76.8 Å². The largest absolute Gasteiger partial charge is 0.368 e. The number of ketones is 1. The zero-order valence-corrected chi connectivity index (χ0v) is 21.6. The number of para-hydroxylation sites is 1. The second-order valence-corrected chi connectivity index (χ2v) is 9.39. The van der Waals surface area contributed by atoms with E-state index in [1.807, 2.05) is 12.1 Å². The van der Waals surface area contributed by atoms with Crippen LogP contribution in [0, 0.1) is 11.6 Å². The maximum atomic E-state index is 14.4. The third-order valence-electron chi connectivity index (χ3n) is 6.07. The fourth-order valence-electron chi connectivity index (χ4n) is 4.00. The van der Waals surface area contributed by atoms with Crippen LogP contribution in [0.1, 0.15) is 22.8 Å². The summed E-state index contributed by atoms with van der Waals surface area (Å²) in [6.45, 7) is 3.19. The van der Waals surface area contributed by atoms with Gasteiger partial charge in [-0.25, -0.2) is 8.78 Å². The van der Waals surface area contributed by atoms with Gasteiger partial charge in [0.1, 0.15) is 17.2 Å². The molecule has 0 bridgehead atoms. The number of nitrogens with zero attached hydrogens (tertiary/aromatic N) is 2. The first-order chi connectivity index (χ1) is 17.7. The molecule has 0 aliphatic carbocycles. The van der Waals surface area contributed by atoms with Gasteiger partial charge in [-0.05, 0) is 77.5 Å². The monoisotopic (exact) mass is 567 g/mol. The van der Waals surface area contributed by atoms with Crippen molar-refractivity contribution >= 4 is 51.0 Å². The minimum absolute atomic E-state index is 0.0142. The maximum Gasteiger partial charge on any atom is 0.261 e. The Morgan fingerprint density at radius 2 is 1.59 bits per heavy atom. The number of anilines is 2. The molecule has 1 aliphatic heterocycles. The zero-order chi connectivity index (χ0) is 26.5. The summed E-state index contributed by atoms with van der Waals surface area (Å²) in [7, 11) is 0. The van der Waals surface area contributed by atoms with Crippen LogP contribution in [0.5, 0.6) is 0 Å². The number of amides is 2. The molecule has 9 heteroatoms. The van der Waals surface area contributed by atoms with Gasteiger partial charge in [-0.1, -0.05) is 12.1 Å². The van der Waals surface area contributed by atoms with Crippen molar-refractivity contribution in [1.29, 1.82) is 0 Å². The predicted octanol–water partition coefficient (Wildman–Crippen LogP) is 5.30. The number of piperazine rings is 1. The topological polar surface area (TPSA) is 69.7 Å². The minimum atomic E-state index is -0.877. The van der Waals surface area contributed by atoms with Crippen molar-refractivity contribution in [3.63, 3.8) is 0 Å². The normalized spacial score (nSPS) is 13.9. The molecule has 1 N–H and O–H groups in total. The molecule has 1 saturated heterocycles. The Morgan fingerprint density at radius 1 is 0.919 bits per heavy atom. The third kappa shape index (κ3) is 6.29. The van der Waals surface area contributed by atoms with E-state index in [1.165, 1.54) is 17.9 Å². The smallest absolute Gasteiger partial charge is 0.261 e. The van der Waals surface area contributed by atoms with Gasteiger partial charge >= 0.3 is 0 Å². The first-order valence-electron chi connectivity index (χ1n) is 11.6. The molecule has 1 heterocycles. The molecule has 0 saturated carbocycles. The Kier molecular flexibility index (Phi) is 8.13. The van der Waals surface area contributed by atoms with E-state index in [4.69, 9.17) is 0 Å². The fourth-order valence-corrected chi connectivity index (χ4v) is 4.38. The average Bonchev–Trinajstić information content (AvgIpc) is 2.89. The first kappa shape index (κ1) is 26.2. The molecule has 4 rings (SSSR count). The van der Waals surface area contributed by atoms with Gasteiger partial charge in [0, 0.05) is 53.5 Å². The van der Waals surface area contributed by atoms with Crippen LogP contribution in [0.2, 0.25) is 0 Å². The molecule has 0 radical (unpaired) electrons. The SMILES string of the molecule is CC(=O)c1ccc(N2CCN(C(=O)/C(=C/c3ccc(F)cc3F)C(=O)Nc3ccccc3Br)CC2)cc1.